The Balaban J connectivity index is 2.41. The molecule has 2 nitrogen and oxygen atoms in total. The summed E-state index contributed by atoms with van der Waals surface area (Å²) in [5.41, 5.74) is -1.52. The average Bonchev–Trinajstić information content (AvgIpc) is 2.74. The third-order valence-corrected chi connectivity index (χ3v) is 2.90. The van der Waals surface area contributed by atoms with Crippen molar-refractivity contribution in [1.29, 1.82) is 0 Å². The van der Waals surface area contributed by atoms with E-state index in [1.165, 1.54) is 12.1 Å². The third kappa shape index (κ3) is 2.98. The van der Waals surface area contributed by atoms with Crippen molar-refractivity contribution < 1.29 is 27.1 Å². The number of aliphatic hydroxyl groups excluding tert-OH is 1. The maximum atomic E-state index is 13.1. The molecule has 0 aliphatic rings. The smallest absolute Gasteiger partial charge is 0.419 e. The molecular formula is C12H7BrF4O2. The summed E-state index contributed by atoms with van der Waals surface area (Å²) in [7, 11) is 0. The molecule has 19 heavy (non-hydrogen) atoms. The van der Waals surface area contributed by atoms with Crippen LogP contribution in [0.2, 0.25) is 0 Å². The molecule has 0 fully saturated rings. The highest BCUT2D eigenvalue weighted by Gasteiger charge is 2.34. The zero-order chi connectivity index (χ0) is 14.2. The third-order valence-electron chi connectivity index (χ3n) is 2.48. The molecule has 0 spiro atoms. The lowest BCUT2D eigenvalue weighted by Gasteiger charge is -2.12. The molecule has 0 saturated heterocycles. The predicted octanol–water partition coefficient (Wildman–Crippen LogP) is 4.28. The Labute approximate surface area is 113 Å². The van der Waals surface area contributed by atoms with Gasteiger partial charge in [0, 0.05) is 0 Å². The zero-order valence-electron chi connectivity index (χ0n) is 9.21. The minimum atomic E-state index is -4.82. The van der Waals surface area contributed by atoms with E-state index in [0.717, 1.165) is 6.07 Å². The number of aliphatic hydroxyl groups is 1. The Hall–Kier alpha value is -1.34. The highest BCUT2D eigenvalue weighted by molar-refractivity contribution is 9.10. The lowest BCUT2D eigenvalue weighted by Crippen LogP contribution is -2.10. The average molecular weight is 339 g/mol. The molecule has 1 aromatic heterocycles. The van der Waals surface area contributed by atoms with E-state index >= 15 is 0 Å². The van der Waals surface area contributed by atoms with E-state index in [9.17, 15) is 22.7 Å². The summed E-state index contributed by atoms with van der Waals surface area (Å²) in [6.45, 7) is 0. The summed E-state index contributed by atoms with van der Waals surface area (Å²) >= 11 is 3.01. The van der Waals surface area contributed by atoms with Gasteiger partial charge in [-0.2, -0.15) is 13.2 Å². The summed E-state index contributed by atoms with van der Waals surface area (Å²) < 4.78 is 56.1. The van der Waals surface area contributed by atoms with Crippen LogP contribution in [0.3, 0.4) is 0 Å². The first-order chi connectivity index (χ1) is 8.79. The minimum Gasteiger partial charge on any atom is -0.451 e. The van der Waals surface area contributed by atoms with Crippen LogP contribution in [0.1, 0.15) is 23.0 Å². The number of benzene rings is 1. The fourth-order valence-corrected chi connectivity index (χ4v) is 1.89. The van der Waals surface area contributed by atoms with Gasteiger partial charge in [0.05, 0.1) is 5.56 Å². The van der Waals surface area contributed by atoms with Crippen LogP contribution < -0.4 is 0 Å². The Morgan fingerprint density at radius 2 is 1.84 bits per heavy atom. The second-order valence-electron chi connectivity index (χ2n) is 3.78. The molecule has 0 bridgehead atoms. The van der Waals surface area contributed by atoms with Gasteiger partial charge in [0.25, 0.3) is 0 Å². The summed E-state index contributed by atoms with van der Waals surface area (Å²) in [6.07, 6.45) is -6.21. The van der Waals surface area contributed by atoms with Gasteiger partial charge in [-0.15, -0.1) is 0 Å². The van der Waals surface area contributed by atoms with E-state index in [4.69, 9.17) is 4.42 Å². The standard InChI is InChI=1S/C12H7BrF4O2/c13-10-4-3-9(19-10)11(18)6-1-2-8(14)7(5-6)12(15,16)17/h1-5,11,18H. The van der Waals surface area contributed by atoms with Crippen LogP contribution in [0.25, 0.3) is 0 Å². The van der Waals surface area contributed by atoms with Crippen molar-refractivity contribution in [2.75, 3.05) is 0 Å². The molecule has 1 unspecified atom stereocenters. The molecule has 7 heteroatoms. The van der Waals surface area contributed by atoms with E-state index < -0.39 is 23.7 Å². The van der Waals surface area contributed by atoms with E-state index in [1.54, 1.807) is 0 Å². The normalized spacial score (nSPS) is 13.6. The first kappa shape index (κ1) is 14.1. The molecule has 2 aromatic rings. The number of halogens is 5. The number of hydrogen-bond donors (Lipinski definition) is 1. The first-order valence-electron chi connectivity index (χ1n) is 5.09. The Kier molecular flexibility index (Phi) is 3.69. The van der Waals surface area contributed by atoms with Gasteiger partial charge in [0.15, 0.2) is 4.67 Å². The van der Waals surface area contributed by atoms with Crippen molar-refractivity contribution in [3.63, 3.8) is 0 Å². The SMILES string of the molecule is OC(c1ccc(F)c(C(F)(F)F)c1)c1ccc(Br)o1. The lowest BCUT2D eigenvalue weighted by atomic mass is 10.0. The van der Waals surface area contributed by atoms with Gasteiger partial charge in [-0.25, -0.2) is 4.39 Å². The molecule has 1 heterocycles. The number of furan rings is 1. The van der Waals surface area contributed by atoms with Crippen molar-refractivity contribution in [2.24, 2.45) is 0 Å². The molecule has 102 valence electrons. The predicted molar refractivity (Wildman–Crippen MR) is 61.9 cm³/mol. The molecule has 0 aliphatic carbocycles. The van der Waals surface area contributed by atoms with Crippen LogP contribution in [0.5, 0.6) is 0 Å². The van der Waals surface area contributed by atoms with Gasteiger partial charge in [-0.3, -0.25) is 0 Å². The van der Waals surface area contributed by atoms with E-state index in [2.05, 4.69) is 15.9 Å². The summed E-state index contributed by atoms with van der Waals surface area (Å²) in [4.78, 5) is 0. The van der Waals surface area contributed by atoms with Gasteiger partial charge in [0.2, 0.25) is 0 Å². The minimum absolute atomic E-state index is 0.0617. The monoisotopic (exact) mass is 338 g/mol. The summed E-state index contributed by atoms with van der Waals surface area (Å²) in [5.74, 6) is -1.32. The van der Waals surface area contributed by atoms with Crippen LogP contribution >= 0.6 is 15.9 Å². The molecule has 2 rings (SSSR count). The number of hydrogen-bond acceptors (Lipinski definition) is 2. The first-order valence-corrected chi connectivity index (χ1v) is 5.88. The maximum Gasteiger partial charge on any atom is 0.419 e. The van der Waals surface area contributed by atoms with Crippen molar-refractivity contribution in [2.45, 2.75) is 12.3 Å². The molecular weight excluding hydrogens is 332 g/mol. The van der Waals surface area contributed by atoms with E-state index in [0.29, 0.717) is 16.8 Å². The van der Waals surface area contributed by atoms with Crippen molar-refractivity contribution >= 4 is 15.9 Å². The van der Waals surface area contributed by atoms with Gasteiger partial charge >= 0.3 is 6.18 Å². The molecule has 0 amide bonds. The van der Waals surface area contributed by atoms with Crippen molar-refractivity contribution in [1.82, 2.24) is 0 Å². The molecule has 1 N–H and O–H groups in total. The fraction of sp³-hybridized carbons (Fsp3) is 0.167. The van der Waals surface area contributed by atoms with E-state index in [1.807, 2.05) is 0 Å². The van der Waals surface area contributed by atoms with Crippen molar-refractivity contribution in [3.8, 4) is 0 Å². The molecule has 1 atom stereocenters. The Morgan fingerprint density at radius 3 is 2.37 bits per heavy atom. The van der Waals surface area contributed by atoms with Crippen LogP contribution in [0, 0.1) is 5.82 Å². The number of alkyl halides is 3. The zero-order valence-corrected chi connectivity index (χ0v) is 10.8. The second-order valence-corrected chi connectivity index (χ2v) is 4.56. The molecule has 0 aliphatic heterocycles. The van der Waals surface area contributed by atoms with Gasteiger partial charge in [-0.05, 0) is 45.8 Å². The van der Waals surface area contributed by atoms with Gasteiger partial charge in [0.1, 0.15) is 17.7 Å². The van der Waals surface area contributed by atoms with Crippen LogP contribution in [-0.2, 0) is 6.18 Å². The quantitative estimate of drug-likeness (QED) is 0.829. The highest BCUT2D eigenvalue weighted by atomic mass is 79.9. The lowest BCUT2D eigenvalue weighted by molar-refractivity contribution is -0.140. The van der Waals surface area contributed by atoms with Crippen LogP contribution in [-0.4, -0.2) is 5.11 Å². The maximum absolute atomic E-state index is 13.1. The van der Waals surface area contributed by atoms with Crippen LogP contribution in [0.15, 0.2) is 39.4 Å². The van der Waals surface area contributed by atoms with Crippen LogP contribution in [0.4, 0.5) is 17.6 Å². The molecule has 1 aromatic carbocycles. The number of rotatable bonds is 2. The van der Waals surface area contributed by atoms with Gasteiger partial charge in [-0.1, -0.05) is 6.07 Å². The second kappa shape index (κ2) is 4.97. The fourth-order valence-electron chi connectivity index (χ4n) is 1.57. The summed E-state index contributed by atoms with van der Waals surface area (Å²) in [5, 5.41) is 9.88. The van der Waals surface area contributed by atoms with E-state index in [-0.39, 0.29) is 11.3 Å². The largest absolute Gasteiger partial charge is 0.451 e. The van der Waals surface area contributed by atoms with Crippen molar-refractivity contribution in [3.05, 3.63) is 57.7 Å². The highest BCUT2D eigenvalue weighted by Crippen LogP contribution is 2.34. The van der Waals surface area contributed by atoms with Gasteiger partial charge < -0.3 is 9.52 Å². The topological polar surface area (TPSA) is 33.4 Å². The molecule has 0 saturated carbocycles. The summed E-state index contributed by atoms with van der Waals surface area (Å²) in [6, 6.07) is 5.21. The Morgan fingerprint density at radius 1 is 1.16 bits per heavy atom. The molecule has 0 radical (unpaired) electrons. The Bertz CT molecular complexity index is 592.